The molecule has 1 aromatic carbocycles. The molecule has 0 atom stereocenters. The predicted octanol–water partition coefficient (Wildman–Crippen LogP) is 1.37. The topological polar surface area (TPSA) is 38.5 Å². The Morgan fingerprint density at radius 2 is 2.00 bits per heavy atom. The average Bonchev–Trinajstić information content (AvgIpc) is 2.19. The molecule has 0 aliphatic rings. The van der Waals surface area contributed by atoms with Crippen molar-refractivity contribution in [1.82, 2.24) is 0 Å². The van der Waals surface area contributed by atoms with Gasteiger partial charge in [0, 0.05) is 20.6 Å². The molecule has 0 bridgehead atoms. The van der Waals surface area contributed by atoms with Gasteiger partial charge < -0.3 is 15.4 Å². The molecule has 1 aromatic rings. The molecule has 0 aliphatic heterocycles. The summed E-state index contributed by atoms with van der Waals surface area (Å²) in [7, 11) is 3.24. The van der Waals surface area contributed by atoms with E-state index in [1.165, 1.54) is 11.0 Å². The van der Waals surface area contributed by atoms with E-state index in [-0.39, 0.29) is 12.3 Å². The van der Waals surface area contributed by atoms with E-state index in [0.717, 1.165) is 6.07 Å². The highest BCUT2D eigenvalue weighted by atomic mass is 19.2. The summed E-state index contributed by atoms with van der Waals surface area (Å²) in [6, 6.07) is 2.43. The smallest absolute Gasteiger partial charge is 0.185 e. The Balaban J connectivity index is 3.09. The monoisotopic (exact) mass is 216 g/mol. The molecule has 84 valence electrons. The minimum atomic E-state index is -0.908. The van der Waals surface area contributed by atoms with Gasteiger partial charge in [0.15, 0.2) is 11.6 Å². The van der Waals surface area contributed by atoms with E-state index in [9.17, 15) is 8.78 Å². The summed E-state index contributed by atoms with van der Waals surface area (Å²) in [5, 5.41) is 0. The van der Waals surface area contributed by atoms with Crippen LogP contribution in [-0.4, -0.2) is 27.2 Å². The lowest BCUT2D eigenvalue weighted by Gasteiger charge is -2.18. The van der Waals surface area contributed by atoms with Crippen LogP contribution in [0.5, 0.6) is 5.75 Å². The maximum Gasteiger partial charge on any atom is 0.185 e. The van der Waals surface area contributed by atoms with Crippen LogP contribution in [0.2, 0.25) is 0 Å². The molecule has 0 aliphatic carbocycles. The summed E-state index contributed by atoms with van der Waals surface area (Å²) in [6.07, 6.45) is 0. The van der Waals surface area contributed by atoms with E-state index in [2.05, 4.69) is 0 Å². The molecule has 15 heavy (non-hydrogen) atoms. The first-order chi connectivity index (χ1) is 7.07. The van der Waals surface area contributed by atoms with Crippen LogP contribution in [0.15, 0.2) is 12.1 Å². The number of ether oxygens (including phenoxy) is 1. The van der Waals surface area contributed by atoms with Crippen LogP contribution in [0.4, 0.5) is 14.5 Å². The van der Waals surface area contributed by atoms with E-state index in [4.69, 9.17) is 10.5 Å². The number of hydrogen-bond donors (Lipinski definition) is 1. The molecule has 0 radical (unpaired) electrons. The Kier molecular flexibility index (Phi) is 3.85. The Bertz CT molecular complexity index is 342. The van der Waals surface area contributed by atoms with E-state index in [1.54, 1.807) is 14.1 Å². The van der Waals surface area contributed by atoms with Crippen molar-refractivity contribution in [2.45, 2.75) is 0 Å². The molecule has 2 N–H and O–H groups in total. The SMILES string of the molecule is CN(C)c1c(OCCN)ccc(F)c1F. The van der Waals surface area contributed by atoms with Gasteiger partial charge in [-0.1, -0.05) is 0 Å². The van der Waals surface area contributed by atoms with Crippen molar-refractivity contribution in [3.63, 3.8) is 0 Å². The number of nitrogens with two attached hydrogens (primary N) is 1. The van der Waals surface area contributed by atoms with E-state index < -0.39 is 11.6 Å². The second kappa shape index (κ2) is 4.93. The fourth-order valence-corrected chi connectivity index (χ4v) is 1.22. The van der Waals surface area contributed by atoms with Crippen LogP contribution in [0.25, 0.3) is 0 Å². The molecule has 0 spiro atoms. The Hall–Kier alpha value is -1.36. The van der Waals surface area contributed by atoms with Gasteiger partial charge in [-0.25, -0.2) is 8.78 Å². The van der Waals surface area contributed by atoms with E-state index >= 15 is 0 Å². The van der Waals surface area contributed by atoms with Gasteiger partial charge >= 0.3 is 0 Å². The zero-order chi connectivity index (χ0) is 11.4. The van der Waals surface area contributed by atoms with Gasteiger partial charge in [0.1, 0.15) is 18.0 Å². The first kappa shape index (κ1) is 11.7. The number of hydrogen-bond acceptors (Lipinski definition) is 3. The first-order valence-corrected chi connectivity index (χ1v) is 4.56. The molecule has 1 rings (SSSR count). The third kappa shape index (κ3) is 2.56. The fraction of sp³-hybridized carbons (Fsp3) is 0.400. The van der Waals surface area contributed by atoms with Crippen LogP contribution >= 0.6 is 0 Å². The lowest BCUT2D eigenvalue weighted by molar-refractivity contribution is 0.326. The van der Waals surface area contributed by atoms with Gasteiger partial charge in [-0.05, 0) is 12.1 Å². The van der Waals surface area contributed by atoms with Crippen LogP contribution < -0.4 is 15.4 Å². The summed E-state index contributed by atoms with van der Waals surface area (Å²) in [5.74, 6) is -1.50. The third-order valence-corrected chi connectivity index (χ3v) is 1.85. The normalized spacial score (nSPS) is 10.2. The van der Waals surface area contributed by atoms with Crippen LogP contribution in [0.3, 0.4) is 0 Å². The van der Waals surface area contributed by atoms with Gasteiger partial charge in [0.05, 0.1) is 0 Å². The van der Waals surface area contributed by atoms with Gasteiger partial charge in [0.2, 0.25) is 0 Å². The molecule has 0 amide bonds. The van der Waals surface area contributed by atoms with Crippen LogP contribution in [0.1, 0.15) is 0 Å². The minimum Gasteiger partial charge on any atom is -0.490 e. The number of anilines is 1. The highest BCUT2D eigenvalue weighted by Crippen LogP contribution is 2.31. The number of halogens is 2. The minimum absolute atomic E-state index is 0.100. The van der Waals surface area contributed by atoms with Crippen molar-refractivity contribution in [1.29, 1.82) is 0 Å². The quantitative estimate of drug-likeness (QED) is 0.826. The lowest BCUT2D eigenvalue weighted by atomic mass is 10.2. The summed E-state index contributed by atoms with van der Waals surface area (Å²) >= 11 is 0. The second-order valence-corrected chi connectivity index (χ2v) is 3.24. The van der Waals surface area contributed by atoms with Crippen molar-refractivity contribution < 1.29 is 13.5 Å². The van der Waals surface area contributed by atoms with Gasteiger partial charge in [-0.15, -0.1) is 0 Å². The number of benzene rings is 1. The molecular formula is C10H14F2N2O. The molecule has 0 heterocycles. The van der Waals surface area contributed by atoms with Crippen molar-refractivity contribution in [3.05, 3.63) is 23.8 Å². The zero-order valence-electron chi connectivity index (χ0n) is 8.76. The van der Waals surface area contributed by atoms with Crippen molar-refractivity contribution in [2.75, 3.05) is 32.1 Å². The highest BCUT2D eigenvalue weighted by Gasteiger charge is 2.16. The summed E-state index contributed by atoms with van der Waals surface area (Å²) in [5.41, 5.74) is 5.36. The molecular weight excluding hydrogens is 202 g/mol. The molecule has 0 aromatic heterocycles. The van der Waals surface area contributed by atoms with E-state index in [0.29, 0.717) is 12.3 Å². The predicted molar refractivity (Wildman–Crippen MR) is 55.2 cm³/mol. The maximum absolute atomic E-state index is 13.4. The zero-order valence-corrected chi connectivity index (χ0v) is 8.76. The summed E-state index contributed by atoms with van der Waals surface area (Å²) in [6.45, 7) is 0.595. The summed E-state index contributed by atoms with van der Waals surface area (Å²) in [4.78, 5) is 1.46. The molecule has 0 fully saturated rings. The molecule has 0 unspecified atom stereocenters. The molecule has 0 saturated carbocycles. The first-order valence-electron chi connectivity index (χ1n) is 4.56. The number of rotatable bonds is 4. The lowest BCUT2D eigenvalue weighted by Crippen LogP contribution is -2.16. The van der Waals surface area contributed by atoms with Gasteiger partial charge in [-0.2, -0.15) is 0 Å². The van der Waals surface area contributed by atoms with Crippen molar-refractivity contribution >= 4 is 5.69 Å². The highest BCUT2D eigenvalue weighted by molar-refractivity contribution is 5.58. The van der Waals surface area contributed by atoms with E-state index in [1.807, 2.05) is 0 Å². The third-order valence-electron chi connectivity index (χ3n) is 1.85. The molecule has 5 heteroatoms. The number of nitrogens with zero attached hydrogens (tertiary/aromatic N) is 1. The van der Waals surface area contributed by atoms with Crippen LogP contribution in [0, 0.1) is 11.6 Å². The average molecular weight is 216 g/mol. The molecule has 3 nitrogen and oxygen atoms in total. The van der Waals surface area contributed by atoms with Gasteiger partial charge in [0.25, 0.3) is 0 Å². The standard InChI is InChI=1S/C10H14F2N2O/c1-14(2)10-8(15-6-5-13)4-3-7(11)9(10)12/h3-4H,5-6,13H2,1-2H3. The molecule has 0 saturated heterocycles. The Morgan fingerprint density at radius 1 is 1.33 bits per heavy atom. The maximum atomic E-state index is 13.4. The second-order valence-electron chi connectivity index (χ2n) is 3.24. The fourth-order valence-electron chi connectivity index (χ4n) is 1.22. The Morgan fingerprint density at radius 3 is 2.53 bits per heavy atom. The van der Waals surface area contributed by atoms with Crippen molar-refractivity contribution in [2.24, 2.45) is 5.73 Å². The largest absolute Gasteiger partial charge is 0.490 e. The van der Waals surface area contributed by atoms with Gasteiger partial charge in [-0.3, -0.25) is 0 Å². The summed E-state index contributed by atoms with van der Waals surface area (Å²) < 4.78 is 31.6. The van der Waals surface area contributed by atoms with Crippen molar-refractivity contribution in [3.8, 4) is 5.75 Å². The van der Waals surface area contributed by atoms with Crippen LogP contribution in [-0.2, 0) is 0 Å². The Labute approximate surface area is 87.4 Å².